The molecular weight excluding hydrogens is 174 g/mol. The molecule has 1 rings (SSSR count). The quantitative estimate of drug-likeness (QED) is 0.701. The molecule has 0 fully saturated rings. The molecule has 1 aromatic carbocycles. The minimum Gasteiger partial charge on any atom is -0.297 e. The number of nitrogens with one attached hydrogen (secondary N) is 1. The fourth-order valence-corrected chi connectivity index (χ4v) is 1.33. The Labute approximate surface area is 86.2 Å². The maximum absolute atomic E-state index is 5.38. The molecule has 2 nitrogen and oxygen atoms in total. The summed E-state index contributed by atoms with van der Waals surface area (Å²) >= 11 is 0. The predicted molar refractivity (Wildman–Crippen MR) is 58.7 cm³/mol. The third-order valence-electron chi connectivity index (χ3n) is 2.09. The molecule has 1 aromatic rings. The summed E-state index contributed by atoms with van der Waals surface area (Å²) in [6, 6.07) is 10.6. The number of rotatable bonds is 6. The molecular formula is C12H19NO. The van der Waals surface area contributed by atoms with E-state index < -0.39 is 0 Å². The van der Waals surface area contributed by atoms with Gasteiger partial charge in [-0.2, -0.15) is 5.48 Å². The van der Waals surface area contributed by atoms with Gasteiger partial charge in [-0.25, -0.2) is 0 Å². The molecule has 0 saturated carbocycles. The fourth-order valence-electron chi connectivity index (χ4n) is 1.33. The molecule has 1 N–H and O–H groups in total. The summed E-state index contributed by atoms with van der Waals surface area (Å²) in [5.74, 6) is 0. The van der Waals surface area contributed by atoms with Crippen LogP contribution in [0.3, 0.4) is 0 Å². The van der Waals surface area contributed by atoms with Crippen molar-refractivity contribution >= 4 is 0 Å². The topological polar surface area (TPSA) is 21.3 Å². The van der Waals surface area contributed by atoms with Crippen LogP contribution >= 0.6 is 0 Å². The molecule has 0 spiro atoms. The molecule has 0 amide bonds. The molecule has 0 aliphatic carbocycles. The van der Waals surface area contributed by atoms with E-state index in [-0.39, 0.29) is 0 Å². The lowest BCUT2D eigenvalue weighted by molar-refractivity contribution is 0.00568. The average molecular weight is 193 g/mol. The minimum atomic E-state index is 0.434. The van der Waals surface area contributed by atoms with Crippen molar-refractivity contribution in [2.45, 2.75) is 39.3 Å². The number of hydroxylamine groups is 1. The van der Waals surface area contributed by atoms with Crippen LogP contribution in [0.4, 0.5) is 0 Å². The second kappa shape index (κ2) is 6.57. The predicted octanol–water partition coefficient (Wildman–Crippen LogP) is 2.90. The van der Waals surface area contributed by atoms with E-state index in [1.807, 2.05) is 18.2 Å². The van der Waals surface area contributed by atoms with Crippen LogP contribution in [0, 0.1) is 0 Å². The molecule has 0 bridgehead atoms. The molecule has 0 aliphatic rings. The van der Waals surface area contributed by atoms with Crippen molar-refractivity contribution in [3.05, 3.63) is 35.9 Å². The van der Waals surface area contributed by atoms with Crippen LogP contribution in [0.15, 0.2) is 30.3 Å². The Balaban J connectivity index is 2.16. The van der Waals surface area contributed by atoms with Gasteiger partial charge in [-0.3, -0.25) is 4.84 Å². The van der Waals surface area contributed by atoms with Gasteiger partial charge < -0.3 is 0 Å². The van der Waals surface area contributed by atoms with Crippen LogP contribution in [0.5, 0.6) is 0 Å². The van der Waals surface area contributed by atoms with Crippen LogP contribution in [0.1, 0.15) is 32.3 Å². The van der Waals surface area contributed by atoms with E-state index in [4.69, 9.17) is 4.84 Å². The first kappa shape index (κ1) is 11.2. The highest BCUT2D eigenvalue weighted by Crippen LogP contribution is 2.00. The summed E-state index contributed by atoms with van der Waals surface area (Å²) in [5.41, 5.74) is 4.23. The summed E-state index contributed by atoms with van der Waals surface area (Å²) in [6.07, 6.45) is 2.33. The van der Waals surface area contributed by atoms with Gasteiger partial charge in [0.05, 0.1) is 6.61 Å². The summed E-state index contributed by atoms with van der Waals surface area (Å²) < 4.78 is 0. The first-order valence-electron chi connectivity index (χ1n) is 5.24. The second-order valence-corrected chi connectivity index (χ2v) is 3.58. The standard InChI is InChI=1S/C12H19NO/c1-3-7-11(2)13-14-10-12-8-5-4-6-9-12/h4-6,8-9,11,13H,3,7,10H2,1-2H3. The van der Waals surface area contributed by atoms with Gasteiger partial charge in [-0.1, -0.05) is 43.7 Å². The third-order valence-corrected chi connectivity index (χ3v) is 2.09. The lowest BCUT2D eigenvalue weighted by Crippen LogP contribution is -2.25. The van der Waals surface area contributed by atoms with Crippen molar-refractivity contribution in [1.82, 2.24) is 5.48 Å². The highest BCUT2D eigenvalue weighted by atomic mass is 16.6. The van der Waals surface area contributed by atoms with Crippen molar-refractivity contribution in [1.29, 1.82) is 0 Å². The molecule has 0 aromatic heterocycles. The van der Waals surface area contributed by atoms with Crippen molar-refractivity contribution in [2.24, 2.45) is 0 Å². The lowest BCUT2D eigenvalue weighted by atomic mass is 10.2. The molecule has 14 heavy (non-hydrogen) atoms. The van der Waals surface area contributed by atoms with E-state index in [0.29, 0.717) is 12.6 Å². The Hall–Kier alpha value is -0.860. The van der Waals surface area contributed by atoms with Gasteiger partial charge in [-0.05, 0) is 18.9 Å². The Kier molecular flexibility index (Phi) is 5.27. The van der Waals surface area contributed by atoms with Gasteiger partial charge in [0.25, 0.3) is 0 Å². The van der Waals surface area contributed by atoms with E-state index in [1.54, 1.807) is 0 Å². The van der Waals surface area contributed by atoms with Crippen LogP contribution in [-0.2, 0) is 11.4 Å². The fraction of sp³-hybridized carbons (Fsp3) is 0.500. The lowest BCUT2D eigenvalue weighted by Gasteiger charge is -2.12. The van der Waals surface area contributed by atoms with Crippen LogP contribution in [0.25, 0.3) is 0 Å². The summed E-state index contributed by atoms with van der Waals surface area (Å²) in [7, 11) is 0. The Bertz CT molecular complexity index is 235. The van der Waals surface area contributed by atoms with E-state index in [9.17, 15) is 0 Å². The Morgan fingerprint density at radius 3 is 2.64 bits per heavy atom. The van der Waals surface area contributed by atoms with E-state index in [1.165, 1.54) is 12.0 Å². The van der Waals surface area contributed by atoms with Gasteiger partial charge in [0, 0.05) is 6.04 Å². The zero-order valence-corrected chi connectivity index (χ0v) is 8.99. The average Bonchev–Trinajstić information content (AvgIpc) is 2.20. The number of benzene rings is 1. The van der Waals surface area contributed by atoms with Crippen molar-refractivity contribution in [3.63, 3.8) is 0 Å². The van der Waals surface area contributed by atoms with Gasteiger partial charge >= 0.3 is 0 Å². The summed E-state index contributed by atoms with van der Waals surface area (Å²) in [4.78, 5) is 5.38. The summed E-state index contributed by atoms with van der Waals surface area (Å²) in [5, 5.41) is 0. The maximum atomic E-state index is 5.38. The molecule has 0 aliphatic heterocycles. The molecule has 1 atom stereocenters. The maximum Gasteiger partial charge on any atom is 0.0933 e. The largest absolute Gasteiger partial charge is 0.297 e. The summed E-state index contributed by atoms with van der Waals surface area (Å²) in [6.45, 7) is 4.94. The number of hydrogen-bond acceptors (Lipinski definition) is 2. The van der Waals surface area contributed by atoms with E-state index >= 15 is 0 Å². The number of hydrogen-bond donors (Lipinski definition) is 1. The van der Waals surface area contributed by atoms with Gasteiger partial charge in [0.2, 0.25) is 0 Å². The first-order chi connectivity index (χ1) is 6.83. The monoisotopic (exact) mass is 193 g/mol. The molecule has 1 unspecified atom stereocenters. The van der Waals surface area contributed by atoms with Crippen molar-refractivity contribution in [3.8, 4) is 0 Å². The highest BCUT2D eigenvalue weighted by molar-refractivity contribution is 5.13. The van der Waals surface area contributed by atoms with E-state index in [0.717, 1.165) is 6.42 Å². The molecule has 0 saturated heterocycles. The van der Waals surface area contributed by atoms with Gasteiger partial charge in [0.15, 0.2) is 0 Å². The van der Waals surface area contributed by atoms with Crippen LogP contribution < -0.4 is 5.48 Å². The van der Waals surface area contributed by atoms with Crippen molar-refractivity contribution < 1.29 is 4.84 Å². The van der Waals surface area contributed by atoms with Gasteiger partial charge in [-0.15, -0.1) is 0 Å². The minimum absolute atomic E-state index is 0.434. The SMILES string of the molecule is CCCC(C)NOCc1ccccc1. The Morgan fingerprint density at radius 1 is 1.29 bits per heavy atom. The normalized spacial score (nSPS) is 12.7. The van der Waals surface area contributed by atoms with Gasteiger partial charge in [0.1, 0.15) is 0 Å². The third kappa shape index (κ3) is 4.40. The zero-order valence-electron chi connectivity index (χ0n) is 8.99. The van der Waals surface area contributed by atoms with Crippen LogP contribution in [-0.4, -0.2) is 6.04 Å². The smallest absolute Gasteiger partial charge is 0.0933 e. The van der Waals surface area contributed by atoms with Crippen LogP contribution in [0.2, 0.25) is 0 Å². The second-order valence-electron chi connectivity index (χ2n) is 3.58. The van der Waals surface area contributed by atoms with Crippen molar-refractivity contribution in [2.75, 3.05) is 0 Å². The molecule has 0 radical (unpaired) electrons. The zero-order chi connectivity index (χ0) is 10.2. The Morgan fingerprint density at radius 2 is 2.00 bits per heavy atom. The molecule has 78 valence electrons. The first-order valence-corrected chi connectivity index (χ1v) is 5.24. The highest BCUT2D eigenvalue weighted by Gasteiger charge is 1.98. The molecule has 2 heteroatoms. The van der Waals surface area contributed by atoms with E-state index in [2.05, 4.69) is 31.5 Å². The molecule has 0 heterocycles.